The number of esters is 1. The number of ether oxygens (including phenoxy) is 1. The molecule has 49 heavy (non-hydrogen) atoms. The van der Waals surface area contributed by atoms with Crippen molar-refractivity contribution >= 4 is 5.97 Å². The van der Waals surface area contributed by atoms with E-state index in [1.54, 1.807) is 0 Å². The highest BCUT2D eigenvalue weighted by molar-refractivity contribution is 5.82. The molecule has 0 radical (unpaired) electrons. The van der Waals surface area contributed by atoms with E-state index < -0.39 is 17.1 Å². The summed E-state index contributed by atoms with van der Waals surface area (Å²) >= 11 is 0. The number of aliphatic hydroxyl groups is 2. The lowest BCUT2D eigenvalue weighted by atomic mass is 9.72. The number of hydrogen-bond acceptors (Lipinski definition) is 5. The summed E-state index contributed by atoms with van der Waals surface area (Å²) in [6.07, 6.45) is 3.23. The molecule has 1 fully saturated rings. The lowest BCUT2D eigenvalue weighted by Crippen LogP contribution is -2.44. The predicted octanol–water partition coefficient (Wildman–Crippen LogP) is 8.97. The van der Waals surface area contributed by atoms with Gasteiger partial charge in [-0.1, -0.05) is 136 Å². The lowest BCUT2D eigenvalue weighted by molar-refractivity contribution is -0.148. The number of carbonyl (C=O) groups excluding carboxylic acids is 1. The van der Waals surface area contributed by atoms with Gasteiger partial charge in [0.05, 0.1) is 18.1 Å². The van der Waals surface area contributed by atoms with Gasteiger partial charge in [-0.05, 0) is 105 Å². The Kier molecular flexibility index (Phi) is 13.4. The van der Waals surface area contributed by atoms with Crippen molar-refractivity contribution in [2.75, 3.05) is 26.2 Å². The average Bonchev–Trinajstić information content (AvgIpc) is 3.12. The smallest absolute Gasteiger partial charge is 0.315 e. The Hall–Kier alpha value is -3.77. The normalized spacial score (nSPS) is 15.2. The minimum atomic E-state index is -0.968. The summed E-state index contributed by atoms with van der Waals surface area (Å²) in [6.45, 7) is 15.6. The van der Waals surface area contributed by atoms with E-state index in [1.807, 2.05) is 87.5 Å². The van der Waals surface area contributed by atoms with Crippen LogP contribution in [0.2, 0.25) is 0 Å². The maximum Gasteiger partial charge on any atom is 0.315 e. The number of aliphatic hydroxyl groups excluding tert-OH is 1. The summed E-state index contributed by atoms with van der Waals surface area (Å²) in [6, 6.07) is 38.4. The number of carbonyl (C=O) groups is 1. The first-order valence-corrected chi connectivity index (χ1v) is 17.9. The molecule has 2 N–H and O–H groups in total. The van der Waals surface area contributed by atoms with Crippen LogP contribution in [0.3, 0.4) is 0 Å². The van der Waals surface area contributed by atoms with E-state index in [0.29, 0.717) is 6.61 Å². The lowest BCUT2D eigenvalue weighted by Gasteiger charge is -2.42. The first kappa shape index (κ1) is 38.0. The highest BCUT2D eigenvalue weighted by atomic mass is 16.5. The quantitative estimate of drug-likeness (QED) is 0.157. The SMILES string of the molecule is CC(C)(C)c1ccc(C(O)CCCN2CCC(C(O)(c3ccccc3)c3ccccc3)CC2)cc1.CCOC(=O)C(C)(C)c1ccccc1. The van der Waals surface area contributed by atoms with Gasteiger partial charge in [0.2, 0.25) is 0 Å². The van der Waals surface area contributed by atoms with E-state index in [-0.39, 0.29) is 17.3 Å². The third-order valence-corrected chi connectivity index (χ3v) is 10.0. The fraction of sp³-hybridized carbons (Fsp3) is 0.432. The molecule has 1 aliphatic heterocycles. The van der Waals surface area contributed by atoms with Crippen LogP contribution < -0.4 is 0 Å². The van der Waals surface area contributed by atoms with Crippen LogP contribution in [0.15, 0.2) is 115 Å². The van der Waals surface area contributed by atoms with Crippen molar-refractivity contribution < 1.29 is 19.7 Å². The van der Waals surface area contributed by atoms with Crippen LogP contribution in [0, 0.1) is 5.92 Å². The molecule has 1 unspecified atom stereocenters. The molecule has 0 spiro atoms. The van der Waals surface area contributed by atoms with Crippen molar-refractivity contribution in [3.05, 3.63) is 143 Å². The average molecular weight is 664 g/mol. The van der Waals surface area contributed by atoms with Crippen LogP contribution in [-0.2, 0) is 26.0 Å². The number of likely N-dealkylation sites (tertiary alicyclic amines) is 1. The Labute approximate surface area is 295 Å². The van der Waals surface area contributed by atoms with Gasteiger partial charge in [0.15, 0.2) is 0 Å². The zero-order valence-electron chi connectivity index (χ0n) is 30.4. The summed E-state index contributed by atoms with van der Waals surface area (Å²) in [5.41, 5.74) is 3.84. The Morgan fingerprint density at radius 2 is 1.20 bits per heavy atom. The summed E-state index contributed by atoms with van der Waals surface area (Å²) in [5, 5.41) is 22.8. The zero-order valence-corrected chi connectivity index (χ0v) is 30.4. The Morgan fingerprint density at radius 1 is 0.735 bits per heavy atom. The second kappa shape index (κ2) is 17.2. The maximum absolute atomic E-state index is 12.1. The largest absolute Gasteiger partial charge is 0.465 e. The first-order chi connectivity index (χ1) is 23.4. The standard InChI is InChI=1S/C32H41NO2.C12H16O2/c1-31(2,3)26-18-16-25(17-19-26)30(34)15-10-22-33-23-20-29(21-24-33)32(35,27-11-6-4-7-12-27)28-13-8-5-9-14-28;1-4-14-11(13)12(2,3)10-8-6-5-7-9-10/h4-9,11-14,16-19,29-30,34-35H,10,15,20-24H2,1-3H3;5-9H,4H2,1-3H3. The Balaban J connectivity index is 0.000000324. The highest BCUT2D eigenvalue weighted by Gasteiger charge is 2.41. The molecule has 5 rings (SSSR count). The van der Waals surface area contributed by atoms with Crippen molar-refractivity contribution in [3.8, 4) is 0 Å². The molecule has 4 aromatic carbocycles. The van der Waals surface area contributed by atoms with Gasteiger partial charge in [0, 0.05) is 0 Å². The summed E-state index contributed by atoms with van der Waals surface area (Å²) in [5.74, 6) is 0.00155. The number of piperidine rings is 1. The van der Waals surface area contributed by atoms with E-state index >= 15 is 0 Å². The van der Waals surface area contributed by atoms with Gasteiger partial charge in [-0.25, -0.2) is 0 Å². The van der Waals surface area contributed by atoms with E-state index in [4.69, 9.17) is 4.74 Å². The van der Waals surface area contributed by atoms with Gasteiger partial charge < -0.3 is 19.8 Å². The molecule has 0 aliphatic carbocycles. The molecule has 0 bridgehead atoms. The van der Waals surface area contributed by atoms with Gasteiger partial charge in [-0.3, -0.25) is 4.79 Å². The molecule has 0 aromatic heterocycles. The molecular formula is C44H57NO4. The molecule has 1 atom stereocenters. The molecule has 1 saturated heterocycles. The number of hydrogen-bond donors (Lipinski definition) is 2. The second-order valence-electron chi connectivity index (χ2n) is 14.9. The highest BCUT2D eigenvalue weighted by Crippen LogP contribution is 2.42. The van der Waals surface area contributed by atoms with Crippen molar-refractivity contribution in [3.63, 3.8) is 0 Å². The summed E-state index contributed by atoms with van der Waals surface area (Å²) < 4.78 is 5.02. The molecule has 5 nitrogen and oxygen atoms in total. The maximum atomic E-state index is 12.1. The van der Waals surface area contributed by atoms with E-state index in [9.17, 15) is 15.0 Å². The van der Waals surface area contributed by atoms with Gasteiger partial charge in [0.25, 0.3) is 0 Å². The van der Waals surface area contributed by atoms with E-state index in [2.05, 4.69) is 74.2 Å². The van der Waals surface area contributed by atoms with E-state index in [1.165, 1.54) is 5.56 Å². The van der Waals surface area contributed by atoms with Gasteiger partial charge in [-0.2, -0.15) is 0 Å². The molecule has 4 aromatic rings. The molecule has 1 heterocycles. The van der Waals surface area contributed by atoms with Crippen LogP contribution >= 0.6 is 0 Å². The minimum Gasteiger partial charge on any atom is -0.465 e. The molecule has 5 heteroatoms. The summed E-state index contributed by atoms with van der Waals surface area (Å²) in [4.78, 5) is 14.1. The third-order valence-electron chi connectivity index (χ3n) is 10.0. The van der Waals surface area contributed by atoms with Crippen LogP contribution in [0.5, 0.6) is 0 Å². The fourth-order valence-corrected chi connectivity index (χ4v) is 6.76. The fourth-order valence-electron chi connectivity index (χ4n) is 6.76. The number of rotatable bonds is 11. The monoisotopic (exact) mass is 663 g/mol. The van der Waals surface area contributed by atoms with Gasteiger partial charge in [0.1, 0.15) is 5.60 Å². The van der Waals surface area contributed by atoms with Crippen molar-refractivity contribution in [1.29, 1.82) is 0 Å². The van der Waals surface area contributed by atoms with E-state index in [0.717, 1.165) is 67.6 Å². The van der Waals surface area contributed by atoms with Crippen LogP contribution in [0.25, 0.3) is 0 Å². The molecule has 0 amide bonds. The summed E-state index contributed by atoms with van der Waals surface area (Å²) in [7, 11) is 0. The van der Waals surface area contributed by atoms with Crippen molar-refractivity contribution in [2.24, 2.45) is 5.92 Å². The Bertz CT molecular complexity index is 1500. The van der Waals surface area contributed by atoms with Crippen LogP contribution in [0.4, 0.5) is 0 Å². The number of nitrogens with zero attached hydrogens (tertiary/aromatic N) is 1. The minimum absolute atomic E-state index is 0.128. The molecule has 0 saturated carbocycles. The van der Waals surface area contributed by atoms with Gasteiger partial charge in [-0.15, -0.1) is 0 Å². The first-order valence-electron chi connectivity index (χ1n) is 17.9. The molecule has 1 aliphatic rings. The molecule has 262 valence electrons. The Morgan fingerprint density at radius 3 is 1.65 bits per heavy atom. The topological polar surface area (TPSA) is 70.0 Å². The van der Waals surface area contributed by atoms with Gasteiger partial charge >= 0.3 is 5.97 Å². The number of benzene rings is 4. The van der Waals surface area contributed by atoms with Crippen molar-refractivity contribution in [2.45, 2.75) is 89.8 Å². The van der Waals surface area contributed by atoms with Crippen LogP contribution in [-0.4, -0.2) is 47.3 Å². The second-order valence-corrected chi connectivity index (χ2v) is 14.9. The predicted molar refractivity (Wildman–Crippen MR) is 200 cm³/mol. The third kappa shape index (κ3) is 9.91. The zero-order chi connectivity index (χ0) is 35.5. The molecular weight excluding hydrogens is 606 g/mol. The van der Waals surface area contributed by atoms with Crippen LogP contribution in [0.1, 0.15) is 101 Å². The van der Waals surface area contributed by atoms with Crippen molar-refractivity contribution in [1.82, 2.24) is 4.90 Å².